The van der Waals surface area contributed by atoms with E-state index in [1.165, 1.54) is 7.11 Å². The van der Waals surface area contributed by atoms with E-state index in [0.717, 1.165) is 29.3 Å². The minimum absolute atomic E-state index is 0.0596. The zero-order valence-electron chi connectivity index (χ0n) is 11.9. The fraction of sp³-hybridized carbons (Fsp3) is 0.250. The highest BCUT2D eigenvalue weighted by Crippen LogP contribution is 2.25. The molecule has 0 fully saturated rings. The Morgan fingerprint density at radius 1 is 1.10 bits per heavy atom. The zero-order valence-corrected chi connectivity index (χ0v) is 11.9. The normalized spacial score (nSPS) is 12.0. The molecule has 1 atom stereocenters. The monoisotopic (exact) mass is 293 g/mol. The molecule has 0 saturated carbocycles. The lowest BCUT2D eigenvalue weighted by molar-refractivity contribution is 0.281. The summed E-state index contributed by atoms with van der Waals surface area (Å²) >= 11 is 0. The van der Waals surface area contributed by atoms with Crippen LogP contribution in [0.4, 0.5) is 8.78 Å². The van der Waals surface area contributed by atoms with Gasteiger partial charge in [0.1, 0.15) is 18.2 Å². The third-order valence-corrected chi connectivity index (χ3v) is 3.11. The summed E-state index contributed by atoms with van der Waals surface area (Å²) in [6.45, 7) is 1.92. The van der Waals surface area contributed by atoms with Crippen molar-refractivity contribution in [2.45, 2.75) is 19.6 Å². The Kier molecular flexibility index (Phi) is 4.75. The van der Waals surface area contributed by atoms with E-state index in [-0.39, 0.29) is 18.4 Å². The van der Waals surface area contributed by atoms with E-state index in [9.17, 15) is 8.78 Å². The number of methoxy groups -OCH3 is 1. The average Bonchev–Trinajstić information content (AvgIpc) is 2.47. The van der Waals surface area contributed by atoms with Gasteiger partial charge in [0.25, 0.3) is 0 Å². The fourth-order valence-electron chi connectivity index (χ4n) is 1.94. The van der Waals surface area contributed by atoms with E-state index in [1.807, 2.05) is 19.1 Å². The third kappa shape index (κ3) is 3.70. The van der Waals surface area contributed by atoms with Crippen molar-refractivity contribution >= 4 is 0 Å². The van der Waals surface area contributed by atoms with Crippen LogP contribution in [0.25, 0.3) is 0 Å². The van der Waals surface area contributed by atoms with Crippen molar-refractivity contribution in [2.75, 3.05) is 7.11 Å². The van der Waals surface area contributed by atoms with Gasteiger partial charge in [-0.15, -0.1) is 0 Å². The molecule has 21 heavy (non-hydrogen) atoms. The molecule has 0 amide bonds. The highest BCUT2D eigenvalue weighted by molar-refractivity contribution is 5.38. The molecule has 0 saturated heterocycles. The molecule has 2 N–H and O–H groups in total. The first-order valence-corrected chi connectivity index (χ1v) is 6.51. The molecule has 5 heteroatoms. The van der Waals surface area contributed by atoms with Crippen LogP contribution >= 0.6 is 0 Å². The van der Waals surface area contributed by atoms with E-state index in [4.69, 9.17) is 15.2 Å². The van der Waals surface area contributed by atoms with Gasteiger partial charge >= 0.3 is 0 Å². The molecule has 0 radical (unpaired) electrons. The second-order valence-corrected chi connectivity index (χ2v) is 4.72. The summed E-state index contributed by atoms with van der Waals surface area (Å²) in [5.41, 5.74) is 7.46. The molecule has 0 aliphatic rings. The number of halogens is 2. The number of ether oxygens (including phenoxy) is 2. The van der Waals surface area contributed by atoms with Gasteiger partial charge in [0.2, 0.25) is 0 Å². The van der Waals surface area contributed by atoms with Crippen LogP contribution in [0.5, 0.6) is 11.5 Å². The largest absolute Gasteiger partial charge is 0.496 e. The van der Waals surface area contributed by atoms with Crippen LogP contribution in [-0.4, -0.2) is 7.11 Å². The molecule has 1 unspecified atom stereocenters. The van der Waals surface area contributed by atoms with Gasteiger partial charge in [-0.2, -0.15) is 0 Å². The lowest BCUT2D eigenvalue weighted by atomic mass is 10.1. The van der Waals surface area contributed by atoms with Gasteiger partial charge in [-0.1, -0.05) is 6.07 Å². The Labute approximate surface area is 122 Å². The summed E-state index contributed by atoms with van der Waals surface area (Å²) < 4.78 is 37.2. The van der Waals surface area contributed by atoms with Crippen molar-refractivity contribution in [2.24, 2.45) is 5.73 Å². The van der Waals surface area contributed by atoms with E-state index < -0.39 is 11.6 Å². The predicted molar refractivity (Wildman–Crippen MR) is 76.3 cm³/mol. The predicted octanol–water partition coefficient (Wildman–Crippen LogP) is 3.57. The summed E-state index contributed by atoms with van der Waals surface area (Å²) in [6, 6.07) is 8.41. The molecule has 2 aromatic rings. The third-order valence-electron chi connectivity index (χ3n) is 3.11. The van der Waals surface area contributed by atoms with Gasteiger partial charge in [0.05, 0.1) is 7.11 Å². The number of nitrogens with two attached hydrogens (primary N) is 1. The number of rotatable bonds is 5. The molecular weight excluding hydrogens is 276 g/mol. The molecule has 0 aliphatic heterocycles. The van der Waals surface area contributed by atoms with Crippen molar-refractivity contribution in [3.05, 3.63) is 59.2 Å². The fourth-order valence-corrected chi connectivity index (χ4v) is 1.94. The van der Waals surface area contributed by atoms with Crippen LogP contribution in [-0.2, 0) is 6.61 Å². The topological polar surface area (TPSA) is 44.5 Å². The minimum atomic E-state index is -0.612. The first-order valence-electron chi connectivity index (χ1n) is 6.51. The van der Waals surface area contributed by atoms with Gasteiger partial charge < -0.3 is 15.2 Å². The summed E-state index contributed by atoms with van der Waals surface area (Å²) in [7, 11) is 1.53. The lowest BCUT2D eigenvalue weighted by Crippen LogP contribution is -2.07. The van der Waals surface area contributed by atoms with E-state index in [1.54, 1.807) is 6.07 Å². The summed E-state index contributed by atoms with van der Waals surface area (Å²) in [6.07, 6.45) is 0. The Balaban J connectivity index is 2.22. The van der Waals surface area contributed by atoms with Gasteiger partial charge in [0.15, 0.2) is 11.6 Å². The van der Waals surface area contributed by atoms with Crippen molar-refractivity contribution in [3.8, 4) is 11.5 Å². The minimum Gasteiger partial charge on any atom is -0.496 e. The first-order chi connectivity index (χ1) is 10.0. The van der Waals surface area contributed by atoms with Gasteiger partial charge in [-0.05, 0) is 36.8 Å². The van der Waals surface area contributed by atoms with Crippen LogP contribution in [0.2, 0.25) is 0 Å². The maximum Gasteiger partial charge on any atom is 0.165 e. The second kappa shape index (κ2) is 6.54. The molecule has 0 heterocycles. The van der Waals surface area contributed by atoms with Crippen molar-refractivity contribution in [1.82, 2.24) is 0 Å². The second-order valence-electron chi connectivity index (χ2n) is 4.72. The van der Waals surface area contributed by atoms with E-state index >= 15 is 0 Å². The Bertz CT molecular complexity index is 630. The standard InChI is InChI=1S/C16H17F2NO2/c1-10(19)11-3-6-15(20-2)12(7-11)9-21-16-8-13(17)4-5-14(16)18/h3-8,10H,9,19H2,1-2H3. The Morgan fingerprint density at radius 3 is 2.52 bits per heavy atom. The number of hydrogen-bond acceptors (Lipinski definition) is 3. The molecule has 0 spiro atoms. The highest BCUT2D eigenvalue weighted by Gasteiger charge is 2.10. The van der Waals surface area contributed by atoms with Crippen LogP contribution in [0.15, 0.2) is 36.4 Å². The summed E-state index contributed by atoms with van der Waals surface area (Å²) in [4.78, 5) is 0. The average molecular weight is 293 g/mol. The van der Waals surface area contributed by atoms with Gasteiger partial charge in [-0.3, -0.25) is 0 Å². The SMILES string of the molecule is COc1ccc(C(C)N)cc1COc1cc(F)ccc1F. The summed E-state index contributed by atoms with van der Waals surface area (Å²) in [5, 5.41) is 0. The number of hydrogen-bond donors (Lipinski definition) is 1. The van der Waals surface area contributed by atoms with Crippen LogP contribution < -0.4 is 15.2 Å². The molecule has 0 aliphatic carbocycles. The molecule has 3 nitrogen and oxygen atoms in total. The Hall–Kier alpha value is -2.14. The molecule has 112 valence electrons. The van der Waals surface area contributed by atoms with Crippen molar-refractivity contribution < 1.29 is 18.3 Å². The first kappa shape index (κ1) is 15.3. The molecular formula is C16H17F2NO2. The van der Waals surface area contributed by atoms with Crippen molar-refractivity contribution in [3.63, 3.8) is 0 Å². The number of benzene rings is 2. The van der Waals surface area contributed by atoms with Crippen LogP contribution in [0, 0.1) is 11.6 Å². The molecule has 2 rings (SSSR count). The van der Waals surface area contributed by atoms with Crippen molar-refractivity contribution in [1.29, 1.82) is 0 Å². The smallest absolute Gasteiger partial charge is 0.165 e. The Morgan fingerprint density at radius 2 is 1.86 bits per heavy atom. The lowest BCUT2D eigenvalue weighted by Gasteiger charge is -2.14. The maximum atomic E-state index is 13.5. The molecule has 2 aromatic carbocycles. The molecule has 0 bridgehead atoms. The maximum absolute atomic E-state index is 13.5. The quantitative estimate of drug-likeness (QED) is 0.916. The molecule has 0 aromatic heterocycles. The van der Waals surface area contributed by atoms with E-state index in [2.05, 4.69) is 0 Å². The van der Waals surface area contributed by atoms with E-state index in [0.29, 0.717) is 5.75 Å². The van der Waals surface area contributed by atoms with Gasteiger partial charge in [0, 0.05) is 17.7 Å². The summed E-state index contributed by atoms with van der Waals surface area (Å²) in [5.74, 6) is -0.694. The zero-order chi connectivity index (χ0) is 15.4. The van der Waals surface area contributed by atoms with Gasteiger partial charge in [-0.25, -0.2) is 8.78 Å². The van der Waals surface area contributed by atoms with Crippen LogP contribution in [0.3, 0.4) is 0 Å². The van der Waals surface area contributed by atoms with Crippen LogP contribution in [0.1, 0.15) is 24.1 Å². The highest BCUT2D eigenvalue weighted by atomic mass is 19.1.